The van der Waals surface area contributed by atoms with E-state index in [0.29, 0.717) is 11.7 Å². The highest BCUT2D eigenvalue weighted by atomic mass is 16.3. The molecule has 0 aliphatic carbocycles. The third kappa shape index (κ3) is 2.07. The molecule has 0 bridgehead atoms. The Bertz CT molecular complexity index is 308. The van der Waals surface area contributed by atoms with Crippen LogP contribution in [0.2, 0.25) is 0 Å². The summed E-state index contributed by atoms with van der Waals surface area (Å²) in [7, 11) is 0. The highest BCUT2D eigenvalue weighted by Crippen LogP contribution is 2.27. The first-order valence-electron chi connectivity index (χ1n) is 4.99. The molecule has 0 aliphatic heterocycles. The van der Waals surface area contributed by atoms with Gasteiger partial charge in [-0.2, -0.15) is 0 Å². The van der Waals surface area contributed by atoms with Crippen molar-refractivity contribution in [1.82, 2.24) is 0 Å². The quantitative estimate of drug-likeness (QED) is 0.758. The molecule has 2 heteroatoms. The lowest BCUT2D eigenvalue weighted by molar-refractivity contribution is 0.464. The Morgan fingerprint density at radius 1 is 1.14 bits per heavy atom. The molecule has 0 saturated carbocycles. The van der Waals surface area contributed by atoms with Gasteiger partial charge in [0.15, 0.2) is 0 Å². The minimum Gasteiger partial charge on any atom is -0.507 e. The van der Waals surface area contributed by atoms with E-state index in [1.807, 2.05) is 26.0 Å². The van der Waals surface area contributed by atoms with Crippen LogP contribution in [-0.4, -0.2) is 5.11 Å². The van der Waals surface area contributed by atoms with Crippen LogP contribution in [0.1, 0.15) is 36.6 Å². The molecule has 0 fully saturated rings. The summed E-state index contributed by atoms with van der Waals surface area (Å²) in [5, 5.41) is 9.61. The van der Waals surface area contributed by atoms with Gasteiger partial charge in [0.25, 0.3) is 0 Å². The van der Waals surface area contributed by atoms with E-state index < -0.39 is 0 Å². The van der Waals surface area contributed by atoms with Crippen LogP contribution in [0.15, 0.2) is 12.1 Å². The number of phenols is 1. The second-order valence-electron chi connectivity index (χ2n) is 4.27. The van der Waals surface area contributed by atoms with Gasteiger partial charge in [-0.1, -0.05) is 26.0 Å². The number of aromatic hydroxyl groups is 1. The summed E-state index contributed by atoms with van der Waals surface area (Å²) in [6, 6.07) is 3.98. The van der Waals surface area contributed by atoms with E-state index in [1.54, 1.807) is 0 Å². The maximum Gasteiger partial charge on any atom is 0.121 e. The molecule has 0 spiro atoms. The number of phenolic OH excluding ortho intramolecular Hbond substituents is 1. The maximum absolute atomic E-state index is 9.61. The SMILES string of the molecule is Cc1cc([C@@H](N)C(C)C)cc(C)c1O. The molecule has 1 rings (SSSR count). The van der Waals surface area contributed by atoms with E-state index in [2.05, 4.69) is 13.8 Å². The fourth-order valence-electron chi connectivity index (χ4n) is 1.57. The number of nitrogens with two attached hydrogens (primary N) is 1. The zero-order chi connectivity index (χ0) is 10.9. The average molecular weight is 193 g/mol. The lowest BCUT2D eigenvalue weighted by Gasteiger charge is -2.18. The summed E-state index contributed by atoms with van der Waals surface area (Å²) in [5.41, 5.74) is 8.95. The van der Waals surface area contributed by atoms with Crippen LogP contribution < -0.4 is 5.73 Å². The molecular formula is C12H19NO. The van der Waals surface area contributed by atoms with E-state index in [1.165, 1.54) is 0 Å². The fraction of sp³-hybridized carbons (Fsp3) is 0.500. The Labute approximate surface area is 85.8 Å². The Kier molecular flexibility index (Phi) is 3.17. The molecular weight excluding hydrogens is 174 g/mol. The standard InChI is InChI=1S/C12H19NO/c1-7(2)11(13)10-5-8(3)12(14)9(4)6-10/h5-7,11,14H,13H2,1-4H3/t11-/m0/s1. The fourth-order valence-corrected chi connectivity index (χ4v) is 1.57. The average Bonchev–Trinajstić information content (AvgIpc) is 2.12. The zero-order valence-corrected chi connectivity index (χ0v) is 9.33. The lowest BCUT2D eigenvalue weighted by Crippen LogP contribution is -2.16. The molecule has 1 atom stereocenters. The van der Waals surface area contributed by atoms with E-state index >= 15 is 0 Å². The lowest BCUT2D eigenvalue weighted by atomic mass is 9.94. The van der Waals surface area contributed by atoms with Crippen LogP contribution in [0, 0.1) is 19.8 Å². The highest BCUT2D eigenvalue weighted by molar-refractivity contribution is 5.43. The Hall–Kier alpha value is -1.02. The van der Waals surface area contributed by atoms with Crippen molar-refractivity contribution < 1.29 is 5.11 Å². The van der Waals surface area contributed by atoms with Crippen molar-refractivity contribution in [3.05, 3.63) is 28.8 Å². The number of hydrogen-bond donors (Lipinski definition) is 2. The van der Waals surface area contributed by atoms with Crippen LogP contribution in [-0.2, 0) is 0 Å². The molecule has 0 heterocycles. The first kappa shape index (κ1) is 11.1. The number of hydrogen-bond acceptors (Lipinski definition) is 2. The van der Waals surface area contributed by atoms with Crippen molar-refractivity contribution in [2.24, 2.45) is 11.7 Å². The first-order chi connectivity index (χ1) is 6.43. The maximum atomic E-state index is 9.61. The Balaban J connectivity index is 3.12. The molecule has 14 heavy (non-hydrogen) atoms. The molecule has 0 amide bonds. The van der Waals surface area contributed by atoms with Crippen LogP contribution in [0.4, 0.5) is 0 Å². The predicted octanol–water partition coefficient (Wildman–Crippen LogP) is 2.66. The van der Waals surface area contributed by atoms with Crippen molar-refractivity contribution in [1.29, 1.82) is 0 Å². The summed E-state index contributed by atoms with van der Waals surface area (Å²) in [6.45, 7) is 8.00. The van der Waals surface area contributed by atoms with Gasteiger partial charge in [-0.05, 0) is 36.5 Å². The van der Waals surface area contributed by atoms with Gasteiger partial charge in [0.05, 0.1) is 0 Å². The Morgan fingerprint density at radius 3 is 1.93 bits per heavy atom. The second kappa shape index (κ2) is 4.01. The van der Waals surface area contributed by atoms with Gasteiger partial charge in [-0.25, -0.2) is 0 Å². The van der Waals surface area contributed by atoms with Crippen LogP contribution >= 0.6 is 0 Å². The molecule has 1 aromatic rings. The minimum absolute atomic E-state index is 0.0491. The molecule has 0 aliphatic rings. The summed E-state index contributed by atoms with van der Waals surface area (Å²) in [5.74, 6) is 0.794. The van der Waals surface area contributed by atoms with Gasteiger partial charge in [0, 0.05) is 6.04 Å². The van der Waals surface area contributed by atoms with Gasteiger partial charge in [0.1, 0.15) is 5.75 Å². The van der Waals surface area contributed by atoms with Crippen molar-refractivity contribution >= 4 is 0 Å². The molecule has 1 aromatic carbocycles. The molecule has 0 aromatic heterocycles. The van der Waals surface area contributed by atoms with E-state index in [-0.39, 0.29) is 6.04 Å². The molecule has 78 valence electrons. The largest absolute Gasteiger partial charge is 0.507 e. The minimum atomic E-state index is 0.0491. The normalized spacial score (nSPS) is 13.3. The van der Waals surface area contributed by atoms with Crippen molar-refractivity contribution in [2.75, 3.05) is 0 Å². The van der Waals surface area contributed by atoms with Crippen molar-refractivity contribution in [2.45, 2.75) is 33.7 Å². The topological polar surface area (TPSA) is 46.2 Å². The Morgan fingerprint density at radius 2 is 1.57 bits per heavy atom. The molecule has 0 radical (unpaired) electrons. The van der Waals surface area contributed by atoms with E-state index in [0.717, 1.165) is 16.7 Å². The van der Waals surface area contributed by atoms with Crippen molar-refractivity contribution in [3.8, 4) is 5.75 Å². The second-order valence-corrected chi connectivity index (χ2v) is 4.27. The van der Waals surface area contributed by atoms with Gasteiger partial charge >= 0.3 is 0 Å². The summed E-state index contributed by atoms with van der Waals surface area (Å²) in [6.07, 6.45) is 0. The monoisotopic (exact) mass is 193 g/mol. The van der Waals surface area contributed by atoms with Crippen LogP contribution in [0.25, 0.3) is 0 Å². The molecule has 0 unspecified atom stereocenters. The predicted molar refractivity (Wildman–Crippen MR) is 59.3 cm³/mol. The summed E-state index contributed by atoms with van der Waals surface area (Å²) >= 11 is 0. The number of rotatable bonds is 2. The number of aryl methyl sites for hydroxylation is 2. The first-order valence-corrected chi connectivity index (χ1v) is 4.99. The third-order valence-corrected chi connectivity index (χ3v) is 2.62. The highest BCUT2D eigenvalue weighted by Gasteiger charge is 2.12. The molecule has 2 nitrogen and oxygen atoms in total. The summed E-state index contributed by atoms with van der Waals surface area (Å²) in [4.78, 5) is 0. The smallest absolute Gasteiger partial charge is 0.121 e. The van der Waals surface area contributed by atoms with Crippen LogP contribution in [0.3, 0.4) is 0 Å². The van der Waals surface area contributed by atoms with E-state index in [9.17, 15) is 5.11 Å². The third-order valence-electron chi connectivity index (χ3n) is 2.62. The van der Waals surface area contributed by atoms with Gasteiger partial charge in [-0.3, -0.25) is 0 Å². The van der Waals surface area contributed by atoms with Crippen LogP contribution in [0.5, 0.6) is 5.75 Å². The van der Waals surface area contributed by atoms with Gasteiger partial charge in [0.2, 0.25) is 0 Å². The molecule has 0 saturated heterocycles. The zero-order valence-electron chi connectivity index (χ0n) is 9.33. The van der Waals surface area contributed by atoms with Gasteiger partial charge < -0.3 is 10.8 Å². The number of benzene rings is 1. The van der Waals surface area contributed by atoms with Gasteiger partial charge in [-0.15, -0.1) is 0 Å². The molecule has 3 N–H and O–H groups in total. The summed E-state index contributed by atoms with van der Waals surface area (Å²) < 4.78 is 0. The van der Waals surface area contributed by atoms with E-state index in [4.69, 9.17) is 5.73 Å². The van der Waals surface area contributed by atoms with Crippen molar-refractivity contribution in [3.63, 3.8) is 0 Å².